The molecule has 25 heavy (non-hydrogen) atoms. The molecule has 0 bridgehead atoms. The van der Waals surface area contributed by atoms with Crippen LogP contribution < -0.4 is 11.5 Å². The summed E-state index contributed by atoms with van der Waals surface area (Å²) in [6.45, 7) is 1.84. The normalized spacial score (nSPS) is 12.6. The number of nitrogen functional groups attached to an aromatic ring is 1. The minimum absolute atomic E-state index is 0.0382. The fraction of sp³-hybridized carbons (Fsp3) is 0.231. The van der Waals surface area contributed by atoms with E-state index in [-0.39, 0.29) is 33.1 Å². The first-order chi connectivity index (χ1) is 11.6. The van der Waals surface area contributed by atoms with Crippen molar-refractivity contribution in [2.45, 2.75) is 18.0 Å². The number of hydrogen-bond acceptors (Lipinski definition) is 5. The molecule has 0 amide bonds. The predicted molar refractivity (Wildman–Crippen MR) is 91.9 cm³/mol. The van der Waals surface area contributed by atoms with Crippen molar-refractivity contribution in [2.24, 2.45) is 10.9 Å². The molecule has 2 aromatic rings. The van der Waals surface area contributed by atoms with Crippen LogP contribution in [0.4, 0.5) is 19.0 Å². The number of nitrogens with zero attached hydrogens (tertiary/aromatic N) is 3. The smallest absolute Gasteiger partial charge is 0.409 e. The Hall–Kier alpha value is -1.78. The molecule has 5 N–H and O–H groups in total. The lowest BCUT2D eigenvalue weighted by atomic mass is 10.2. The molecule has 0 saturated carbocycles. The van der Waals surface area contributed by atoms with Gasteiger partial charge in [-0.05, 0) is 17.9 Å². The number of amidine groups is 1. The summed E-state index contributed by atoms with van der Waals surface area (Å²) in [5, 5.41) is 15.2. The first-order valence-corrected chi connectivity index (χ1v) is 8.41. The van der Waals surface area contributed by atoms with E-state index in [4.69, 9.17) is 39.9 Å². The van der Waals surface area contributed by atoms with E-state index in [2.05, 4.69) is 10.3 Å². The number of thioether (sulfide) groups is 1. The number of nitrogens with two attached hydrogens (primary N) is 2. The molecule has 136 valence electrons. The molecular formula is C13H12Cl2F3N5OS. The maximum Gasteiger partial charge on any atom is 0.416 e. The average Bonchev–Trinajstić information content (AvgIpc) is 2.83. The van der Waals surface area contributed by atoms with Gasteiger partial charge in [-0.2, -0.15) is 18.3 Å². The third-order valence-electron chi connectivity index (χ3n) is 3.07. The zero-order chi connectivity index (χ0) is 18.9. The molecule has 12 heteroatoms. The van der Waals surface area contributed by atoms with E-state index in [0.29, 0.717) is 10.6 Å². The number of rotatable bonds is 4. The molecule has 0 aliphatic rings. The Morgan fingerprint density at radius 3 is 2.36 bits per heavy atom. The van der Waals surface area contributed by atoms with Gasteiger partial charge in [0, 0.05) is 0 Å². The van der Waals surface area contributed by atoms with Crippen LogP contribution in [0.2, 0.25) is 10.0 Å². The molecule has 6 nitrogen and oxygen atoms in total. The Kier molecular flexibility index (Phi) is 5.65. The first kappa shape index (κ1) is 19.5. The van der Waals surface area contributed by atoms with E-state index >= 15 is 0 Å². The Morgan fingerprint density at radius 1 is 1.36 bits per heavy atom. The highest BCUT2D eigenvalue weighted by Gasteiger charge is 2.33. The van der Waals surface area contributed by atoms with Gasteiger partial charge in [0.05, 0.1) is 20.5 Å². The number of hydrogen-bond donors (Lipinski definition) is 3. The Balaban J connectivity index is 2.71. The van der Waals surface area contributed by atoms with Gasteiger partial charge in [0.15, 0.2) is 5.84 Å². The molecule has 0 radical (unpaired) electrons. The van der Waals surface area contributed by atoms with Crippen LogP contribution in [0.15, 0.2) is 22.2 Å². The van der Waals surface area contributed by atoms with Crippen molar-refractivity contribution in [2.75, 3.05) is 11.5 Å². The quantitative estimate of drug-likeness (QED) is 0.231. The molecule has 0 spiro atoms. The average molecular weight is 414 g/mol. The number of anilines is 1. The van der Waals surface area contributed by atoms with Crippen LogP contribution in [0, 0.1) is 0 Å². The van der Waals surface area contributed by atoms with Gasteiger partial charge in [-0.3, -0.25) is 0 Å². The van der Waals surface area contributed by atoms with Crippen LogP contribution in [0.1, 0.15) is 18.2 Å². The van der Waals surface area contributed by atoms with Gasteiger partial charge in [0.1, 0.15) is 17.2 Å². The molecule has 0 unspecified atom stereocenters. The van der Waals surface area contributed by atoms with Gasteiger partial charge >= 0.3 is 6.18 Å². The molecule has 0 fully saturated rings. The van der Waals surface area contributed by atoms with Gasteiger partial charge in [0.2, 0.25) is 0 Å². The minimum Gasteiger partial charge on any atom is -0.409 e. The van der Waals surface area contributed by atoms with Crippen LogP contribution >= 0.6 is 35.0 Å². The third-order valence-corrected chi connectivity index (χ3v) is 4.63. The lowest BCUT2D eigenvalue weighted by molar-refractivity contribution is -0.137. The molecule has 0 atom stereocenters. The topological polar surface area (TPSA) is 102 Å². The molecule has 0 aliphatic carbocycles. The highest BCUT2D eigenvalue weighted by Crippen LogP contribution is 2.40. The second-order valence-corrected chi connectivity index (χ2v) is 6.77. The van der Waals surface area contributed by atoms with Crippen LogP contribution in [0.5, 0.6) is 0 Å². The Morgan fingerprint density at radius 2 is 1.92 bits per heavy atom. The van der Waals surface area contributed by atoms with Crippen molar-refractivity contribution in [3.63, 3.8) is 0 Å². The van der Waals surface area contributed by atoms with E-state index < -0.39 is 11.7 Å². The Labute approximate surface area is 154 Å². The second-order valence-electron chi connectivity index (χ2n) is 4.68. The highest BCUT2D eigenvalue weighted by molar-refractivity contribution is 7.99. The lowest BCUT2D eigenvalue weighted by Crippen LogP contribution is -2.15. The van der Waals surface area contributed by atoms with Gasteiger partial charge in [0.25, 0.3) is 0 Å². The minimum atomic E-state index is -4.61. The number of alkyl halides is 3. The van der Waals surface area contributed by atoms with Crippen molar-refractivity contribution in [1.29, 1.82) is 0 Å². The summed E-state index contributed by atoms with van der Waals surface area (Å²) in [4.78, 5) is 0.393. The SMILES string of the molecule is CCSc1c(/C(N)=N\O)nn(-c2c(Cl)cc(C(F)(F)F)cc2Cl)c1N. The Bertz CT molecular complexity index is 815. The van der Waals surface area contributed by atoms with Crippen LogP contribution in [-0.4, -0.2) is 26.6 Å². The number of benzene rings is 1. The maximum atomic E-state index is 12.9. The summed E-state index contributed by atoms with van der Waals surface area (Å²) in [6, 6.07) is 1.44. The van der Waals surface area contributed by atoms with E-state index in [1.165, 1.54) is 11.8 Å². The summed E-state index contributed by atoms with van der Waals surface area (Å²) in [5.41, 5.74) is 10.6. The maximum absolute atomic E-state index is 12.9. The zero-order valence-electron chi connectivity index (χ0n) is 12.6. The van der Waals surface area contributed by atoms with Gasteiger partial charge in [-0.15, -0.1) is 11.8 Å². The summed E-state index contributed by atoms with van der Waals surface area (Å²) in [5.74, 6) is 0.341. The molecule has 0 saturated heterocycles. The van der Waals surface area contributed by atoms with Crippen molar-refractivity contribution in [3.05, 3.63) is 33.4 Å². The van der Waals surface area contributed by atoms with Gasteiger partial charge in [-0.1, -0.05) is 35.3 Å². The summed E-state index contributed by atoms with van der Waals surface area (Å²) in [6.07, 6.45) is -4.61. The van der Waals surface area contributed by atoms with Crippen molar-refractivity contribution >= 4 is 46.6 Å². The van der Waals surface area contributed by atoms with E-state index in [1.54, 1.807) is 0 Å². The molecule has 0 aliphatic heterocycles. The standard InChI is InChI=1S/C13H12Cl2F3N5OS/c1-2-25-10-8(11(19)22-24)21-23(12(10)20)9-6(14)3-5(4-7(9)15)13(16,17)18/h3-4,24H,2,20H2,1H3,(H2,19,22). The largest absolute Gasteiger partial charge is 0.416 e. The van der Waals surface area contributed by atoms with Crippen molar-refractivity contribution < 1.29 is 18.4 Å². The van der Waals surface area contributed by atoms with Crippen molar-refractivity contribution in [3.8, 4) is 5.69 Å². The summed E-state index contributed by atoms with van der Waals surface area (Å²) >= 11 is 13.2. The number of oxime groups is 1. The first-order valence-electron chi connectivity index (χ1n) is 6.67. The van der Waals surface area contributed by atoms with E-state index in [9.17, 15) is 13.2 Å². The van der Waals surface area contributed by atoms with Crippen LogP contribution in [0.3, 0.4) is 0 Å². The third kappa shape index (κ3) is 3.75. The van der Waals surface area contributed by atoms with Crippen LogP contribution in [-0.2, 0) is 6.18 Å². The highest BCUT2D eigenvalue weighted by atomic mass is 35.5. The summed E-state index contributed by atoms with van der Waals surface area (Å²) in [7, 11) is 0. The van der Waals surface area contributed by atoms with Gasteiger partial charge in [-0.25, -0.2) is 4.68 Å². The zero-order valence-corrected chi connectivity index (χ0v) is 14.9. The summed E-state index contributed by atoms with van der Waals surface area (Å²) < 4.78 is 39.6. The molecular weight excluding hydrogens is 402 g/mol. The predicted octanol–water partition coefficient (Wildman–Crippen LogP) is 3.99. The monoisotopic (exact) mass is 413 g/mol. The number of aromatic nitrogens is 2. The molecule has 1 aromatic carbocycles. The fourth-order valence-corrected chi connectivity index (χ4v) is 3.47. The molecule has 1 aromatic heterocycles. The lowest BCUT2D eigenvalue weighted by Gasteiger charge is -2.13. The van der Waals surface area contributed by atoms with E-state index in [1.807, 2.05) is 6.92 Å². The van der Waals surface area contributed by atoms with Crippen molar-refractivity contribution in [1.82, 2.24) is 9.78 Å². The van der Waals surface area contributed by atoms with Crippen LogP contribution in [0.25, 0.3) is 5.69 Å². The second kappa shape index (κ2) is 7.22. The molecule has 1 heterocycles. The van der Waals surface area contributed by atoms with Gasteiger partial charge < -0.3 is 16.7 Å². The van der Waals surface area contributed by atoms with E-state index in [0.717, 1.165) is 16.8 Å². The number of halogens is 5. The molecule has 2 rings (SSSR count). The fourth-order valence-electron chi connectivity index (χ4n) is 2.02.